The van der Waals surface area contributed by atoms with Crippen LogP contribution in [0.1, 0.15) is 44.9 Å². The summed E-state index contributed by atoms with van der Waals surface area (Å²) in [6.45, 7) is 1.60. The van der Waals surface area contributed by atoms with E-state index in [0.717, 1.165) is 38.5 Å². The molecule has 1 heterocycles. The van der Waals surface area contributed by atoms with Gasteiger partial charge in [0.1, 0.15) is 0 Å². The Morgan fingerprint density at radius 2 is 1.91 bits per heavy atom. The van der Waals surface area contributed by atoms with Crippen LogP contribution in [0.3, 0.4) is 0 Å². The number of rotatable bonds is 6. The fraction of sp³-hybridized carbons (Fsp3) is 0.933. The first-order valence-electron chi connectivity index (χ1n) is 8.67. The molecule has 8 heteroatoms. The first kappa shape index (κ1) is 18.6. The molecule has 1 unspecified atom stereocenters. The Morgan fingerprint density at radius 3 is 2.57 bits per heavy atom. The SMILES string of the molecule is CN(C1CCCCC1)S(=O)(=O)N1CCCC(C(=O)NCCN)C1. The van der Waals surface area contributed by atoms with Crippen molar-refractivity contribution in [2.45, 2.75) is 51.0 Å². The van der Waals surface area contributed by atoms with Gasteiger partial charge >= 0.3 is 0 Å². The van der Waals surface area contributed by atoms with Crippen LogP contribution in [-0.4, -0.2) is 62.2 Å². The Labute approximate surface area is 139 Å². The topological polar surface area (TPSA) is 95.7 Å². The van der Waals surface area contributed by atoms with Crippen molar-refractivity contribution in [3.63, 3.8) is 0 Å². The highest BCUT2D eigenvalue weighted by molar-refractivity contribution is 7.86. The van der Waals surface area contributed by atoms with Crippen LogP contribution in [0.4, 0.5) is 0 Å². The first-order valence-corrected chi connectivity index (χ1v) is 10.1. The van der Waals surface area contributed by atoms with Gasteiger partial charge in [0.05, 0.1) is 5.92 Å². The molecule has 0 aromatic carbocycles. The lowest BCUT2D eigenvalue weighted by Gasteiger charge is -2.37. The predicted octanol–water partition coefficient (Wildman–Crippen LogP) is 0.283. The molecule has 1 aliphatic heterocycles. The van der Waals surface area contributed by atoms with Crippen molar-refractivity contribution in [3.05, 3.63) is 0 Å². The van der Waals surface area contributed by atoms with Gasteiger partial charge in [-0.3, -0.25) is 4.79 Å². The van der Waals surface area contributed by atoms with E-state index in [1.165, 1.54) is 15.0 Å². The maximum absolute atomic E-state index is 12.9. The molecule has 3 N–H and O–H groups in total. The molecule has 1 aliphatic carbocycles. The molecule has 2 aliphatic rings. The van der Waals surface area contributed by atoms with E-state index in [0.29, 0.717) is 19.6 Å². The highest BCUT2D eigenvalue weighted by atomic mass is 32.2. The lowest BCUT2D eigenvalue weighted by molar-refractivity contribution is -0.126. The fourth-order valence-electron chi connectivity index (χ4n) is 3.52. The van der Waals surface area contributed by atoms with E-state index >= 15 is 0 Å². The lowest BCUT2D eigenvalue weighted by atomic mass is 9.96. The highest BCUT2D eigenvalue weighted by Crippen LogP contribution is 2.27. The number of nitrogens with zero attached hydrogens (tertiary/aromatic N) is 2. The monoisotopic (exact) mass is 346 g/mol. The van der Waals surface area contributed by atoms with Gasteiger partial charge in [0, 0.05) is 39.3 Å². The number of nitrogens with two attached hydrogens (primary N) is 1. The number of piperidine rings is 1. The molecule has 7 nitrogen and oxygen atoms in total. The van der Waals surface area contributed by atoms with E-state index in [4.69, 9.17) is 5.73 Å². The summed E-state index contributed by atoms with van der Waals surface area (Å²) in [5, 5.41) is 2.77. The van der Waals surface area contributed by atoms with Crippen LogP contribution in [0.5, 0.6) is 0 Å². The summed E-state index contributed by atoms with van der Waals surface area (Å²) < 4.78 is 28.8. The van der Waals surface area contributed by atoms with Crippen LogP contribution < -0.4 is 11.1 Å². The second kappa shape index (κ2) is 8.41. The third-order valence-electron chi connectivity index (χ3n) is 4.98. The molecule has 0 aromatic rings. The molecule has 1 atom stereocenters. The molecule has 0 bridgehead atoms. The Bertz CT molecular complexity index is 491. The molecule has 1 amide bonds. The van der Waals surface area contributed by atoms with Crippen LogP contribution in [0.25, 0.3) is 0 Å². The van der Waals surface area contributed by atoms with Crippen LogP contribution >= 0.6 is 0 Å². The van der Waals surface area contributed by atoms with Crippen LogP contribution in [0.2, 0.25) is 0 Å². The van der Waals surface area contributed by atoms with Gasteiger partial charge in [-0.2, -0.15) is 17.0 Å². The first-order chi connectivity index (χ1) is 11.0. The van der Waals surface area contributed by atoms with Gasteiger partial charge < -0.3 is 11.1 Å². The summed E-state index contributed by atoms with van der Waals surface area (Å²) in [5.41, 5.74) is 5.40. The van der Waals surface area contributed by atoms with Gasteiger partial charge in [0.15, 0.2) is 0 Å². The summed E-state index contributed by atoms with van der Waals surface area (Å²) in [4.78, 5) is 12.1. The largest absolute Gasteiger partial charge is 0.355 e. The van der Waals surface area contributed by atoms with Crippen molar-refractivity contribution in [1.29, 1.82) is 0 Å². The molecular weight excluding hydrogens is 316 g/mol. The molecule has 0 aromatic heterocycles. The van der Waals surface area contributed by atoms with Crippen molar-refractivity contribution in [3.8, 4) is 0 Å². The van der Waals surface area contributed by atoms with Crippen molar-refractivity contribution >= 4 is 16.1 Å². The van der Waals surface area contributed by atoms with Crippen LogP contribution in [0, 0.1) is 5.92 Å². The van der Waals surface area contributed by atoms with E-state index in [2.05, 4.69) is 5.32 Å². The fourth-order valence-corrected chi connectivity index (χ4v) is 5.20. The maximum atomic E-state index is 12.9. The molecule has 2 rings (SSSR count). The van der Waals surface area contributed by atoms with E-state index < -0.39 is 10.2 Å². The zero-order valence-corrected chi connectivity index (χ0v) is 14.9. The Hall–Kier alpha value is -0.700. The van der Waals surface area contributed by atoms with E-state index in [9.17, 15) is 13.2 Å². The molecule has 2 fully saturated rings. The summed E-state index contributed by atoms with van der Waals surface area (Å²) in [6.07, 6.45) is 6.70. The number of hydrogen-bond acceptors (Lipinski definition) is 4. The number of carbonyl (C=O) groups is 1. The van der Waals surface area contributed by atoms with Crippen molar-refractivity contribution in [2.24, 2.45) is 11.7 Å². The Kier molecular flexibility index (Phi) is 6.82. The molecule has 134 valence electrons. The average molecular weight is 346 g/mol. The van der Waals surface area contributed by atoms with E-state index in [1.807, 2.05) is 0 Å². The molecule has 23 heavy (non-hydrogen) atoms. The van der Waals surface area contributed by atoms with Gasteiger partial charge in [-0.15, -0.1) is 0 Å². The van der Waals surface area contributed by atoms with Crippen LogP contribution in [-0.2, 0) is 15.0 Å². The number of carbonyl (C=O) groups excluding carboxylic acids is 1. The van der Waals surface area contributed by atoms with Gasteiger partial charge in [0.2, 0.25) is 5.91 Å². The summed E-state index contributed by atoms with van der Waals surface area (Å²) >= 11 is 0. The molecule has 1 saturated carbocycles. The van der Waals surface area contributed by atoms with Gasteiger partial charge in [-0.1, -0.05) is 19.3 Å². The standard InChI is InChI=1S/C15H30N4O3S/c1-18(14-7-3-2-4-8-14)23(21,22)19-11-5-6-13(12-19)15(20)17-10-9-16/h13-14H,2-12,16H2,1H3,(H,17,20). The molecule has 0 spiro atoms. The smallest absolute Gasteiger partial charge is 0.281 e. The van der Waals surface area contributed by atoms with E-state index in [1.54, 1.807) is 7.05 Å². The van der Waals surface area contributed by atoms with Gasteiger partial charge in [0.25, 0.3) is 10.2 Å². The maximum Gasteiger partial charge on any atom is 0.281 e. The zero-order chi connectivity index (χ0) is 16.9. The molecule has 0 radical (unpaired) electrons. The minimum absolute atomic E-state index is 0.0873. The number of hydrogen-bond donors (Lipinski definition) is 2. The normalized spacial score (nSPS) is 24.7. The highest BCUT2D eigenvalue weighted by Gasteiger charge is 2.37. The lowest BCUT2D eigenvalue weighted by Crippen LogP contribution is -2.52. The summed E-state index contributed by atoms with van der Waals surface area (Å²) in [6, 6.07) is 0.0974. The van der Waals surface area contributed by atoms with E-state index in [-0.39, 0.29) is 24.4 Å². The van der Waals surface area contributed by atoms with Crippen molar-refractivity contribution in [2.75, 3.05) is 33.2 Å². The zero-order valence-electron chi connectivity index (χ0n) is 14.0. The third-order valence-corrected chi connectivity index (χ3v) is 6.99. The average Bonchev–Trinajstić information content (AvgIpc) is 2.59. The third kappa shape index (κ3) is 4.65. The van der Waals surface area contributed by atoms with Crippen molar-refractivity contribution in [1.82, 2.24) is 13.9 Å². The quantitative estimate of drug-likeness (QED) is 0.722. The summed E-state index contributed by atoms with van der Waals surface area (Å²) in [7, 11) is -1.80. The van der Waals surface area contributed by atoms with Crippen LogP contribution in [0.15, 0.2) is 0 Å². The second-order valence-corrected chi connectivity index (χ2v) is 8.58. The summed E-state index contributed by atoms with van der Waals surface area (Å²) in [5.74, 6) is -0.361. The Morgan fingerprint density at radius 1 is 1.22 bits per heavy atom. The predicted molar refractivity (Wildman–Crippen MR) is 89.9 cm³/mol. The molecular formula is C15H30N4O3S. The molecule has 1 saturated heterocycles. The number of amides is 1. The van der Waals surface area contributed by atoms with Gasteiger partial charge in [-0.25, -0.2) is 0 Å². The number of nitrogens with one attached hydrogen (secondary N) is 1. The minimum Gasteiger partial charge on any atom is -0.355 e. The second-order valence-electron chi connectivity index (χ2n) is 6.59. The Balaban J connectivity index is 1.99. The van der Waals surface area contributed by atoms with Gasteiger partial charge in [-0.05, 0) is 25.7 Å². The van der Waals surface area contributed by atoms with Crippen molar-refractivity contribution < 1.29 is 13.2 Å². The minimum atomic E-state index is -3.49.